The van der Waals surface area contributed by atoms with Crippen molar-refractivity contribution >= 4 is 23.0 Å². The summed E-state index contributed by atoms with van der Waals surface area (Å²) in [6, 6.07) is 3.94. The van der Waals surface area contributed by atoms with E-state index < -0.39 is 0 Å². The van der Waals surface area contributed by atoms with Crippen molar-refractivity contribution in [3.8, 4) is 0 Å². The van der Waals surface area contributed by atoms with Gasteiger partial charge in [-0.3, -0.25) is 9.59 Å². The van der Waals surface area contributed by atoms with Crippen LogP contribution in [0.25, 0.3) is 0 Å². The Bertz CT molecular complexity index is 378. The van der Waals surface area contributed by atoms with Crippen LogP contribution in [-0.4, -0.2) is 36.3 Å². The highest BCUT2D eigenvalue weighted by Gasteiger charge is 2.20. The van der Waals surface area contributed by atoms with Crippen LogP contribution in [0.5, 0.6) is 0 Å². The number of rotatable bonds is 4. The Kier molecular flexibility index (Phi) is 4.28. The average Bonchev–Trinajstić information content (AvgIpc) is 2.83. The van der Waals surface area contributed by atoms with Crippen LogP contribution in [0.15, 0.2) is 17.5 Å². The fraction of sp³-hybridized carbons (Fsp3) is 0.500. The van der Waals surface area contributed by atoms with Gasteiger partial charge in [0, 0.05) is 30.8 Å². The van der Waals surface area contributed by atoms with Crippen molar-refractivity contribution in [3.05, 3.63) is 22.4 Å². The first-order valence-electron chi connectivity index (χ1n) is 5.65. The largest absolute Gasteiger partial charge is 0.366 e. The molecule has 0 radical (unpaired) electrons. The number of ketones is 1. The van der Waals surface area contributed by atoms with Crippen molar-refractivity contribution in [2.45, 2.75) is 19.4 Å². The zero-order valence-electron chi connectivity index (χ0n) is 9.55. The molecule has 4 nitrogen and oxygen atoms in total. The number of ether oxygens (including phenoxy) is 1. The molecule has 2 rings (SSSR count). The maximum absolute atomic E-state index is 11.7. The molecule has 92 valence electrons. The van der Waals surface area contributed by atoms with E-state index in [0.717, 1.165) is 4.88 Å². The summed E-state index contributed by atoms with van der Waals surface area (Å²) in [6.45, 7) is 1.67. The van der Waals surface area contributed by atoms with Gasteiger partial charge in [0.2, 0.25) is 5.91 Å². The number of piperidine rings is 1. The van der Waals surface area contributed by atoms with E-state index in [1.165, 1.54) is 0 Å². The number of carbonyl (C=O) groups excluding carboxylic acids is 2. The molecule has 1 saturated heterocycles. The summed E-state index contributed by atoms with van der Waals surface area (Å²) < 4.78 is 5.35. The summed E-state index contributed by atoms with van der Waals surface area (Å²) in [5.41, 5.74) is 0. The molecule has 0 saturated carbocycles. The SMILES string of the molecule is O=C1CCN(C(=O)COCc2cccs2)CC1. The minimum absolute atomic E-state index is 0.0194. The van der Waals surface area contributed by atoms with Crippen molar-refractivity contribution in [2.75, 3.05) is 19.7 Å². The quantitative estimate of drug-likeness (QED) is 0.816. The Morgan fingerprint density at radius 3 is 2.82 bits per heavy atom. The van der Waals surface area contributed by atoms with Crippen molar-refractivity contribution in [1.82, 2.24) is 4.90 Å². The molecule has 0 atom stereocenters. The molecule has 0 N–H and O–H groups in total. The molecule has 1 aromatic rings. The number of amides is 1. The number of hydrogen-bond donors (Lipinski definition) is 0. The predicted octanol–water partition coefficient (Wildman–Crippen LogP) is 1.46. The average molecular weight is 253 g/mol. The lowest BCUT2D eigenvalue weighted by atomic mass is 10.1. The lowest BCUT2D eigenvalue weighted by Gasteiger charge is -2.25. The Morgan fingerprint density at radius 2 is 2.18 bits per heavy atom. The van der Waals surface area contributed by atoms with Gasteiger partial charge >= 0.3 is 0 Å². The molecule has 1 fully saturated rings. The van der Waals surface area contributed by atoms with Crippen LogP contribution >= 0.6 is 11.3 Å². The van der Waals surface area contributed by atoms with Gasteiger partial charge in [0.1, 0.15) is 12.4 Å². The van der Waals surface area contributed by atoms with Gasteiger partial charge in [-0.1, -0.05) is 6.07 Å². The molecular weight excluding hydrogens is 238 g/mol. The summed E-state index contributed by atoms with van der Waals surface area (Å²) in [4.78, 5) is 25.6. The fourth-order valence-electron chi connectivity index (χ4n) is 1.73. The minimum Gasteiger partial charge on any atom is -0.366 e. The van der Waals surface area contributed by atoms with Crippen LogP contribution < -0.4 is 0 Å². The van der Waals surface area contributed by atoms with E-state index in [1.807, 2.05) is 17.5 Å². The molecule has 1 aliphatic heterocycles. The van der Waals surface area contributed by atoms with Crippen LogP contribution in [0.1, 0.15) is 17.7 Å². The molecule has 0 spiro atoms. The third-order valence-corrected chi connectivity index (χ3v) is 3.57. The molecule has 2 heterocycles. The van der Waals surface area contributed by atoms with Crippen molar-refractivity contribution in [2.24, 2.45) is 0 Å². The Labute approximate surface area is 104 Å². The van der Waals surface area contributed by atoms with Crippen LogP contribution in [0, 0.1) is 0 Å². The Morgan fingerprint density at radius 1 is 1.41 bits per heavy atom. The molecule has 17 heavy (non-hydrogen) atoms. The first-order valence-corrected chi connectivity index (χ1v) is 6.53. The van der Waals surface area contributed by atoms with Gasteiger partial charge in [-0.05, 0) is 11.4 Å². The van der Waals surface area contributed by atoms with E-state index in [4.69, 9.17) is 4.74 Å². The summed E-state index contributed by atoms with van der Waals surface area (Å²) in [6.07, 6.45) is 0.966. The van der Waals surface area contributed by atoms with Crippen LogP contribution in [0.2, 0.25) is 0 Å². The predicted molar refractivity (Wildman–Crippen MR) is 64.8 cm³/mol. The van der Waals surface area contributed by atoms with Crippen LogP contribution in [0.4, 0.5) is 0 Å². The van der Waals surface area contributed by atoms with Gasteiger partial charge in [-0.25, -0.2) is 0 Å². The normalized spacial score (nSPS) is 16.2. The molecular formula is C12H15NO3S. The number of Topliss-reactive ketones (excluding diaryl/α,β-unsaturated/α-hetero) is 1. The number of hydrogen-bond acceptors (Lipinski definition) is 4. The molecule has 0 aromatic carbocycles. The summed E-state index contributed by atoms with van der Waals surface area (Å²) in [5.74, 6) is 0.225. The van der Waals surface area contributed by atoms with Crippen molar-refractivity contribution in [1.29, 1.82) is 0 Å². The topological polar surface area (TPSA) is 46.6 Å². The monoisotopic (exact) mass is 253 g/mol. The van der Waals surface area contributed by atoms with Gasteiger partial charge < -0.3 is 9.64 Å². The summed E-state index contributed by atoms with van der Waals surface area (Å²) >= 11 is 1.62. The highest BCUT2D eigenvalue weighted by Crippen LogP contribution is 2.10. The van der Waals surface area contributed by atoms with Gasteiger partial charge in [-0.2, -0.15) is 0 Å². The first-order chi connectivity index (χ1) is 8.25. The molecule has 1 aliphatic rings. The molecule has 1 amide bonds. The van der Waals surface area contributed by atoms with E-state index >= 15 is 0 Å². The molecule has 1 aromatic heterocycles. The Hall–Kier alpha value is -1.20. The fourth-order valence-corrected chi connectivity index (χ4v) is 2.37. The number of thiophene rings is 1. The van der Waals surface area contributed by atoms with E-state index in [-0.39, 0.29) is 18.3 Å². The number of carbonyl (C=O) groups is 2. The standard InChI is InChI=1S/C12H15NO3S/c14-10-3-5-13(6-4-10)12(15)9-16-8-11-2-1-7-17-11/h1-2,7H,3-6,8-9H2. The van der Waals surface area contributed by atoms with Crippen molar-refractivity contribution in [3.63, 3.8) is 0 Å². The molecule has 0 aliphatic carbocycles. The third-order valence-electron chi connectivity index (χ3n) is 2.72. The van der Waals surface area contributed by atoms with E-state index in [9.17, 15) is 9.59 Å². The molecule has 0 unspecified atom stereocenters. The lowest BCUT2D eigenvalue weighted by molar-refractivity contribution is -0.139. The summed E-state index contributed by atoms with van der Waals surface area (Å²) in [7, 11) is 0. The molecule has 0 bridgehead atoms. The van der Waals surface area contributed by atoms with Gasteiger partial charge in [0.05, 0.1) is 6.61 Å². The van der Waals surface area contributed by atoms with Crippen molar-refractivity contribution < 1.29 is 14.3 Å². The van der Waals surface area contributed by atoms with Crippen LogP contribution in [0.3, 0.4) is 0 Å². The lowest BCUT2D eigenvalue weighted by Crippen LogP contribution is -2.40. The van der Waals surface area contributed by atoms with E-state index in [0.29, 0.717) is 32.5 Å². The number of likely N-dealkylation sites (tertiary alicyclic amines) is 1. The second-order valence-electron chi connectivity index (χ2n) is 3.99. The Balaban J connectivity index is 1.68. The minimum atomic E-state index is -0.0194. The highest BCUT2D eigenvalue weighted by atomic mass is 32.1. The highest BCUT2D eigenvalue weighted by molar-refractivity contribution is 7.09. The smallest absolute Gasteiger partial charge is 0.248 e. The second-order valence-corrected chi connectivity index (χ2v) is 5.02. The van der Waals surface area contributed by atoms with Gasteiger partial charge in [-0.15, -0.1) is 11.3 Å². The number of nitrogens with zero attached hydrogens (tertiary/aromatic N) is 1. The maximum Gasteiger partial charge on any atom is 0.248 e. The first kappa shape index (κ1) is 12.3. The summed E-state index contributed by atoms with van der Waals surface area (Å²) in [5, 5.41) is 1.98. The van der Waals surface area contributed by atoms with E-state index in [2.05, 4.69) is 0 Å². The zero-order valence-corrected chi connectivity index (χ0v) is 10.4. The van der Waals surface area contributed by atoms with E-state index in [1.54, 1.807) is 16.2 Å². The third kappa shape index (κ3) is 3.64. The zero-order chi connectivity index (χ0) is 12.1. The maximum atomic E-state index is 11.7. The van der Waals surface area contributed by atoms with Gasteiger partial charge in [0.25, 0.3) is 0 Å². The second kappa shape index (κ2) is 5.93. The molecule has 5 heteroatoms. The van der Waals surface area contributed by atoms with Crippen LogP contribution in [-0.2, 0) is 20.9 Å². The van der Waals surface area contributed by atoms with Gasteiger partial charge in [0.15, 0.2) is 0 Å².